The summed E-state index contributed by atoms with van der Waals surface area (Å²) in [6.07, 6.45) is 1.18. The highest BCUT2D eigenvalue weighted by atomic mass is 16.4. The van der Waals surface area contributed by atoms with Crippen LogP contribution in [0.4, 0.5) is 0 Å². The van der Waals surface area contributed by atoms with Crippen LogP contribution in [-0.2, 0) is 4.79 Å². The van der Waals surface area contributed by atoms with Gasteiger partial charge in [-0.15, -0.1) is 0 Å². The number of carboxylic acid groups (broad SMARTS) is 1. The predicted molar refractivity (Wildman–Crippen MR) is 73.6 cm³/mol. The number of aliphatic carboxylic acids is 1. The standard InChI is InChI=1S/C15H23NO2/c1-4-12(3)16(5-2)14(11-15(17)18)13-9-7-6-8-10-13/h6-10,12,14H,4-5,11H2,1-3H3,(H,17,18). The van der Waals surface area contributed by atoms with Crippen molar-refractivity contribution in [3.63, 3.8) is 0 Å². The molecule has 3 nitrogen and oxygen atoms in total. The first-order valence-corrected chi connectivity index (χ1v) is 6.62. The minimum atomic E-state index is -0.745. The van der Waals surface area contributed by atoms with Crippen LogP contribution in [0.5, 0.6) is 0 Å². The van der Waals surface area contributed by atoms with E-state index in [4.69, 9.17) is 5.11 Å². The summed E-state index contributed by atoms with van der Waals surface area (Å²) in [7, 11) is 0. The molecule has 0 radical (unpaired) electrons. The van der Waals surface area contributed by atoms with Gasteiger partial charge in [0.05, 0.1) is 6.42 Å². The van der Waals surface area contributed by atoms with Crippen molar-refractivity contribution in [2.75, 3.05) is 6.54 Å². The van der Waals surface area contributed by atoms with Gasteiger partial charge >= 0.3 is 5.97 Å². The third-order valence-corrected chi connectivity index (χ3v) is 3.47. The molecule has 1 aromatic carbocycles. The SMILES string of the molecule is CCC(C)N(CC)C(CC(=O)O)c1ccccc1. The summed E-state index contributed by atoms with van der Waals surface area (Å²) >= 11 is 0. The number of rotatable bonds is 7. The summed E-state index contributed by atoms with van der Waals surface area (Å²) < 4.78 is 0. The molecule has 0 bridgehead atoms. The maximum absolute atomic E-state index is 11.1. The van der Waals surface area contributed by atoms with Crippen LogP contribution in [0, 0.1) is 0 Å². The van der Waals surface area contributed by atoms with Gasteiger partial charge in [0.1, 0.15) is 0 Å². The molecular weight excluding hydrogens is 226 g/mol. The van der Waals surface area contributed by atoms with Gasteiger partial charge in [-0.25, -0.2) is 0 Å². The highest BCUT2D eigenvalue weighted by molar-refractivity contribution is 5.68. The zero-order valence-corrected chi connectivity index (χ0v) is 11.5. The van der Waals surface area contributed by atoms with Gasteiger partial charge in [0.25, 0.3) is 0 Å². The second-order valence-electron chi connectivity index (χ2n) is 4.61. The summed E-state index contributed by atoms with van der Waals surface area (Å²) in [5.41, 5.74) is 1.09. The van der Waals surface area contributed by atoms with Gasteiger partial charge in [-0.2, -0.15) is 0 Å². The number of carboxylic acids is 1. The van der Waals surface area contributed by atoms with Crippen molar-refractivity contribution in [2.45, 2.75) is 45.7 Å². The molecule has 100 valence electrons. The van der Waals surface area contributed by atoms with Crippen molar-refractivity contribution in [3.05, 3.63) is 35.9 Å². The molecule has 0 amide bonds. The van der Waals surface area contributed by atoms with Crippen molar-refractivity contribution in [3.8, 4) is 0 Å². The van der Waals surface area contributed by atoms with E-state index in [2.05, 4.69) is 25.7 Å². The number of nitrogens with zero attached hydrogens (tertiary/aromatic N) is 1. The van der Waals surface area contributed by atoms with Crippen LogP contribution in [0.3, 0.4) is 0 Å². The molecule has 0 aliphatic rings. The first-order valence-electron chi connectivity index (χ1n) is 6.62. The Morgan fingerprint density at radius 3 is 2.33 bits per heavy atom. The van der Waals surface area contributed by atoms with E-state index in [1.54, 1.807) is 0 Å². The van der Waals surface area contributed by atoms with Crippen molar-refractivity contribution >= 4 is 5.97 Å². The Balaban J connectivity index is 3.00. The molecule has 0 saturated carbocycles. The Hall–Kier alpha value is -1.35. The quantitative estimate of drug-likeness (QED) is 0.806. The van der Waals surface area contributed by atoms with E-state index in [9.17, 15) is 4.79 Å². The minimum absolute atomic E-state index is 0.0383. The zero-order chi connectivity index (χ0) is 13.5. The van der Waals surface area contributed by atoms with Crippen LogP contribution in [0.2, 0.25) is 0 Å². The van der Waals surface area contributed by atoms with Crippen molar-refractivity contribution < 1.29 is 9.90 Å². The number of hydrogen-bond acceptors (Lipinski definition) is 2. The third kappa shape index (κ3) is 3.84. The Morgan fingerprint density at radius 2 is 1.89 bits per heavy atom. The second-order valence-corrected chi connectivity index (χ2v) is 4.61. The predicted octanol–water partition coefficient (Wildman–Crippen LogP) is 3.32. The van der Waals surface area contributed by atoms with Crippen LogP contribution in [0.1, 0.15) is 45.2 Å². The molecular formula is C15H23NO2. The van der Waals surface area contributed by atoms with E-state index < -0.39 is 5.97 Å². The largest absolute Gasteiger partial charge is 0.481 e. The molecule has 0 aromatic heterocycles. The molecule has 1 rings (SSSR count). The molecule has 0 heterocycles. The van der Waals surface area contributed by atoms with E-state index >= 15 is 0 Å². The molecule has 2 atom stereocenters. The van der Waals surface area contributed by atoms with Gasteiger partial charge in [-0.05, 0) is 25.5 Å². The Kier molecular flexibility index (Phi) is 5.86. The van der Waals surface area contributed by atoms with Crippen molar-refractivity contribution in [2.24, 2.45) is 0 Å². The van der Waals surface area contributed by atoms with Crippen LogP contribution >= 0.6 is 0 Å². The van der Waals surface area contributed by atoms with Gasteiger partial charge in [-0.1, -0.05) is 44.2 Å². The highest BCUT2D eigenvalue weighted by Gasteiger charge is 2.24. The number of benzene rings is 1. The van der Waals surface area contributed by atoms with Crippen LogP contribution in [0.15, 0.2) is 30.3 Å². The summed E-state index contributed by atoms with van der Waals surface area (Å²) in [6.45, 7) is 7.24. The average molecular weight is 249 g/mol. The lowest BCUT2D eigenvalue weighted by molar-refractivity contribution is -0.138. The maximum Gasteiger partial charge on any atom is 0.305 e. The van der Waals surface area contributed by atoms with Gasteiger partial charge in [0, 0.05) is 12.1 Å². The fourth-order valence-corrected chi connectivity index (χ4v) is 2.34. The minimum Gasteiger partial charge on any atom is -0.481 e. The second kappa shape index (κ2) is 7.17. The number of carbonyl (C=O) groups is 1. The van der Waals surface area contributed by atoms with E-state index in [1.807, 2.05) is 30.3 Å². The normalized spacial score (nSPS) is 14.4. The van der Waals surface area contributed by atoms with Crippen molar-refractivity contribution in [1.29, 1.82) is 0 Å². The molecule has 0 aliphatic carbocycles. The smallest absolute Gasteiger partial charge is 0.305 e. The molecule has 0 aliphatic heterocycles. The lowest BCUT2D eigenvalue weighted by Gasteiger charge is -2.35. The molecule has 3 heteroatoms. The molecule has 0 fully saturated rings. The first-order chi connectivity index (χ1) is 8.60. The fraction of sp³-hybridized carbons (Fsp3) is 0.533. The molecule has 18 heavy (non-hydrogen) atoms. The summed E-state index contributed by atoms with van der Waals surface area (Å²) in [6, 6.07) is 10.3. The maximum atomic E-state index is 11.1. The highest BCUT2D eigenvalue weighted by Crippen LogP contribution is 2.26. The van der Waals surface area contributed by atoms with E-state index in [0.29, 0.717) is 6.04 Å². The molecule has 1 N–H and O–H groups in total. The topological polar surface area (TPSA) is 40.5 Å². The van der Waals surface area contributed by atoms with E-state index in [0.717, 1.165) is 18.5 Å². The van der Waals surface area contributed by atoms with E-state index in [-0.39, 0.29) is 12.5 Å². The Labute approximate surface area is 109 Å². The monoisotopic (exact) mass is 249 g/mol. The van der Waals surface area contributed by atoms with Gasteiger partial charge in [-0.3, -0.25) is 9.69 Å². The first kappa shape index (κ1) is 14.7. The van der Waals surface area contributed by atoms with Gasteiger partial charge < -0.3 is 5.11 Å². The number of hydrogen-bond donors (Lipinski definition) is 1. The lowest BCUT2D eigenvalue weighted by atomic mass is 9.99. The lowest BCUT2D eigenvalue weighted by Crippen LogP contribution is -2.37. The van der Waals surface area contributed by atoms with Crippen LogP contribution in [-0.4, -0.2) is 28.6 Å². The molecule has 1 aromatic rings. The molecule has 0 saturated heterocycles. The molecule has 2 unspecified atom stereocenters. The van der Waals surface area contributed by atoms with Crippen LogP contribution in [0.25, 0.3) is 0 Å². The van der Waals surface area contributed by atoms with Crippen LogP contribution < -0.4 is 0 Å². The van der Waals surface area contributed by atoms with Crippen molar-refractivity contribution in [1.82, 2.24) is 4.90 Å². The van der Waals surface area contributed by atoms with Gasteiger partial charge in [0.2, 0.25) is 0 Å². The third-order valence-electron chi connectivity index (χ3n) is 3.47. The summed E-state index contributed by atoms with van der Waals surface area (Å²) in [4.78, 5) is 13.4. The van der Waals surface area contributed by atoms with E-state index in [1.165, 1.54) is 0 Å². The summed E-state index contributed by atoms with van der Waals surface area (Å²) in [5, 5.41) is 9.12. The molecule has 0 spiro atoms. The summed E-state index contributed by atoms with van der Waals surface area (Å²) in [5.74, 6) is -0.745. The Morgan fingerprint density at radius 1 is 1.28 bits per heavy atom. The average Bonchev–Trinajstić information content (AvgIpc) is 2.38. The van der Waals surface area contributed by atoms with Gasteiger partial charge in [0.15, 0.2) is 0 Å². The zero-order valence-electron chi connectivity index (χ0n) is 11.5. The fourth-order valence-electron chi connectivity index (χ4n) is 2.34. The Bertz CT molecular complexity index is 364.